The van der Waals surface area contributed by atoms with Crippen LogP contribution in [0.5, 0.6) is 0 Å². The van der Waals surface area contributed by atoms with Gasteiger partial charge in [0.1, 0.15) is 11.2 Å². The van der Waals surface area contributed by atoms with Crippen molar-refractivity contribution in [1.82, 2.24) is 0 Å². The first-order valence-corrected chi connectivity index (χ1v) is 5.16. The number of rotatable bonds is 2. The van der Waals surface area contributed by atoms with Crippen LogP contribution in [0, 0.1) is 0 Å². The first-order chi connectivity index (χ1) is 7.13. The molecule has 2 aromatic rings. The number of hydrogen-bond acceptors (Lipinski definition) is 1. The monoisotopic (exact) mass is 218 g/mol. The third-order valence-electron chi connectivity index (χ3n) is 2.54. The summed E-state index contributed by atoms with van der Waals surface area (Å²) in [6.45, 7) is 1.70. The number of hydrogen-bond donors (Lipinski definition) is 0. The second-order valence-electron chi connectivity index (χ2n) is 3.76. The van der Waals surface area contributed by atoms with Crippen molar-refractivity contribution in [2.75, 3.05) is 0 Å². The van der Waals surface area contributed by atoms with Crippen LogP contribution in [0.4, 0.5) is 0 Å². The third-order valence-corrected chi connectivity index (χ3v) is 2.84. The second kappa shape index (κ2) is 3.67. The van der Waals surface area contributed by atoms with Gasteiger partial charge in [-0.15, -0.1) is 11.6 Å². The van der Waals surface area contributed by atoms with Crippen LogP contribution in [-0.4, -0.2) is 6.29 Å². The minimum absolute atomic E-state index is 0.763. The highest BCUT2D eigenvalue weighted by Gasteiger charge is 2.22. The maximum Gasteiger partial charge on any atom is 0.145 e. The summed E-state index contributed by atoms with van der Waals surface area (Å²) in [5.41, 5.74) is 0.831. The number of halogens is 1. The minimum atomic E-state index is -0.927. The van der Waals surface area contributed by atoms with E-state index in [0.717, 1.165) is 22.6 Å². The molecule has 0 fully saturated rings. The highest BCUT2D eigenvalue weighted by molar-refractivity contribution is 6.31. The molecule has 1 nitrogen and oxygen atoms in total. The first kappa shape index (κ1) is 10.2. The zero-order valence-electron chi connectivity index (χ0n) is 8.41. The van der Waals surface area contributed by atoms with Crippen LogP contribution in [0.2, 0.25) is 0 Å². The molecule has 0 bridgehead atoms. The Balaban J connectivity index is 2.61. The smallest absolute Gasteiger partial charge is 0.145 e. The van der Waals surface area contributed by atoms with E-state index >= 15 is 0 Å². The van der Waals surface area contributed by atoms with Gasteiger partial charge in [0.15, 0.2) is 0 Å². The van der Waals surface area contributed by atoms with Crippen molar-refractivity contribution in [3.05, 3.63) is 48.0 Å². The lowest BCUT2D eigenvalue weighted by molar-refractivity contribution is -0.109. The molecule has 0 aliphatic carbocycles. The van der Waals surface area contributed by atoms with Crippen LogP contribution < -0.4 is 0 Å². The lowest BCUT2D eigenvalue weighted by Gasteiger charge is -2.15. The van der Waals surface area contributed by atoms with Crippen LogP contribution in [-0.2, 0) is 9.67 Å². The molecule has 0 aliphatic rings. The number of carbonyl (C=O) groups excluding carboxylic acids is 1. The van der Waals surface area contributed by atoms with Gasteiger partial charge >= 0.3 is 0 Å². The van der Waals surface area contributed by atoms with Gasteiger partial charge in [0, 0.05) is 0 Å². The SMILES string of the molecule is CC(Cl)(C=O)c1ccc2ccccc2c1. The molecule has 0 saturated heterocycles. The summed E-state index contributed by atoms with van der Waals surface area (Å²) in [5, 5.41) is 2.25. The van der Waals surface area contributed by atoms with Gasteiger partial charge in [0.05, 0.1) is 0 Å². The largest absolute Gasteiger partial charge is 0.301 e. The van der Waals surface area contributed by atoms with E-state index in [9.17, 15) is 4.79 Å². The van der Waals surface area contributed by atoms with Crippen molar-refractivity contribution in [2.45, 2.75) is 11.8 Å². The molecule has 15 heavy (non-hydrogen) atoms. The van der Waals surface area contributed by atoms with Gasteiger partial charge in [-0.1, -0.05) is 36.4 Å². The maximum absolute atomic E-state index is 10.8. The molecule has 0 heterocycles. The molecule has 0 aliphatic heterocycles. The molecule has 76 valence electrons. The Bertz CT molecular complexity index is 503. The molecule has 0 N–H and O–H groups in total. The van der Waals surface area contributed by atoms with E-state index in [1.54, 1.807) is 6.92 Å². The highest BCUT2D eigenvalue weighted by atomic mass is 35.5. The number of carbonyl (C=O) groups is 1. The quantitative estimate of drug-likeness (QED) is 0.557. The van der Waals surface area contributed by atoms with Crippen molar-refractivity contribution in [2.24, 2.45) is 0 Å². The third kappa shape index (κ3) is 1.88. The summed E-state index contributed by atoms with van der Waals surface area (Å²) in [4.78, 5) is 9.90. The van der Waals surface area contributed by atoms with E-state index in [1.807, 2.05) is 42.5 Å². The molecule has 1 atom stereocenters. The molecule has 2 rings (SSSR count). The number of benzene rings is 2. The fourth-order valence-electron chi connectivity index (χ4n) is 1.56. The van der Waals surface area contributed by atoms with Gasteiger partial charge in [-0.05, 0) is 29.3 Å². The first-order valence-electron chi connectivity index (χ1n) is 4.78. The second-order valence-corrected chi connectivity index (χ2v) is 4.54. The summed E-state index contributed by atoms with van der Waals surface area (Å²) >= 11 is 6.08. The van der Waals surface area contributed by atoms with Crippen molar-refractivity contribution >= 4 is 28.7 Å². The zero-order valence-corrected chi connectivity index (χ0v) is 9.16. The van der Waals surface area contributed by atoms with Gasteiger partial charge in [-0.2, -0.15) is 0 Å². The molecule has 0 saturated carbocycles. The van der Waals surface area contributed by atoms with E-state index in [2.05, 4.69) is 0 Å². The molecule has 0 radical (unpaired) electrons. The van der Waals surface area contributed by atoms with Crippen LogP contribution in [0.1, 0.15) is 12.5 Å². The van der Waals surface area contributed by atoms with Crippen molar-refractivity contribution in [3.8, 4) is 0 Å². The van der Waals surface area contributed by atoms with Crippen molar-refractivity contribution in [1.29, 1.82) is 0 Å². The summed E-state index contributed by atoms with van der Waals surface area (Å²) in [6.07, 6.45) is 0.763. The van der Waals surface area contributed by atoms with E-state index < -0.39 is 4.87 Å². The summed E-state index contributed by atoms with van der Waals surface area (Å²) < 4.78 is 0. The Labute approximate surface area is 93.7 Å². The van der Waals surface area contributed by atoms with Crippen LogP contribution in [0.3, 0.4) is 0 Å². The molecule has 0 aromatic heterocycles. The Hall–Kier alpha value is -1.34. The Morgan fingerprint density at radius 2 is 1.80 bits per heavy atom. The van der Waals surface area contributed by atoms with Crippen LogP contribution >= 0.6 is 11.6 Å². The van der Waals surface area contributed by atoms with E-state index in [-0.39, 0.29) is 0 Å². The van der Waals surface area contributed by atoms with E-state index in [1.165, 1.54) is 0 Å². The molecular weight excluding hydrogens is 208 g/mol. The number of alkyl halides is 1. The van der Waals surface area contributed by atoms with Crippen LogP contribution in [0.15, 0.2) is 42.5 Å². The molecule has 1 unspecified atom stereocenters. The van der Waals surface area contributed by atoms with Crippen LogP contribution in [0.25, 0.3) is 10.8 Å². The number of aldehydes is 1. The fourth-order valence-corrected chi connectivity index (χ4v) is 1.68. The zero-order chi connectivity index (χ0) is 10.9. The van der Waals surface area contributed by atoms with Gasteiger partial charge in [-0.25, -0.2) is 0 Å². The lowest BCUT2D eigenvalue weighted by Crippen LogP contribution is -2.14. The standard InChI is InChI=1S/C13H11ClO/c1-13(14,9-15)12-7-6-10-4-2-3-5-11(10)8-12/h2-9H,1H3. The van der Waals surface area contributed by atoms with Crippen molar-refractivity contribution in [3.63, 3.8) is 0 Å². The topological polar surface area (TPSA) is 17.1 Å². The lowest BCUT2D eigenvalue weighted by atomic mass is 9.98. The fraction of sp³-hybridized carbons (Fsp3) is 0.154. The minimum Gasteiger partial charge on any atom is -0.301 e. The maximum atomic E-state index is 10.8. The van der Waals surface area contributed by atoms with Crippen molar-refractivity contribution < 1.29 is 4.79 Å². The summed E-state index contributed by atoms with van der Waals surface area (Å²) in [7, 11) is 0. The average Bonchev–Trinajstić information content (AvgIpc) is 2.28. The normalized spacial score (nSPS) is 14.8. The Morgan fingerprint density at radius 3 is 2.47 bits per heavy atom. The summed E-state index contributed by atoms with van der Waals surface area (Å²) in [6, 6.07) is 13.8. The number of fused-ring (bicyclic) bond motifs is 1. The highest BCUT2D eigenvalue weighted by Crippen LogP contribution is 2.28. The van der Waals surface area contributed by atoms with E-state index in [4.69, 9.17) is 11.6 Å². The molecule has 0 spiro atoms. The van der Waals surface area contributed by atoms with Gasteiger partial charge in [0.25, 0.3) is 0 Å². The predicted octanol–water partition coefficient (Wildman–Crippen LogP) is 3.49. The molecule has 0 amide bonds. The predicted molar refractivity (Wildman–Crippen MR) is 63.2 cm³/mol. The van der Waals surface area contributed by atoms with Gasteiger partial charge in [0.2, 0.25) is 0 Å². The molecule has 2 heteroatoms. The summed E-state index contributed by atoms with van der Waals surface area (Å²) in [5.74, 6) is 0. The molecule has 2 aromatic carbocycles. The van der Waals surface area contributed by atoms with Gasteiger partial charge in [-0.3, -0.25) is 0 Å². The molecular formula is C13H11ClO. The average molecular weight is 219 g/mol. The van der Waals surface area contributed by atoms with Gasteiger partial charge < -0.3 is 4.79 Å². The van der Waals surface area contributed by atoms with E-state index in [0.29, 0.717) is 0 Å². The Kier molecular flexibility index (Phi) is 2.49. The Morgan fingerprint density at radius 1 is 1.13 bits per heavy atom.